The van der Waals surface area contributed by atoms with Crippen LogP contribution in [0.2, 0.25) is 0 Å². The van der Waals surface area contributed by atoms with Crippen LogP contribution in [0.15, 0.2) is 46.0 Å². The van der Waals surface area contributed by atoms with Crippen LogP contribution in [0, 0.1) is 6.92 Å². The number of benzene rings is 1. The Kier molecular flexibility index (Phi) is 9.63. The quantitative estimate of drug-likeness (QED) is 0.330. The monoisotopic (exact) mass is 499 g/mol. The third-order valence-electron chi connectivity index (χ3n) is 4.62. The van der Waals surface area contributed by atoms with Crippen molar-refractivity contribution in [1.29, 1.82) is 0 Å². The number of nitrogens with one attached hydrogen (secondary N) is 2. The van der Waals surface area contributed by atoms with Crippen molar-refractivity contribution >= 4 is 29.9 Å². The van der Waals surface area contributed by atoms with Crippen LogP contribution in [0.4, 0.5) is 0 Å². The van der Waals surface area contributed by atoms with E-state index in [0.29, 0.717) is 6.54 Å². The molecule has 6 nitrogen and oxygen atoms in total. The molecule has 1 aliphatic heterocycles. The molecule has 7 heteroatoms. The van der Waals surface area contributed by atoms with E-state index in [2.05, 4.69) is 29.7 Å². The predicted molar refractivity (Wildman–Crippen MR) is 122 cm³/mol. The highest BCUT2D eigenvalue weighted by atomic mass is 127. The number of guanidine groups is 1. The van der Waals surface area contributed by atoms with E-state index >= 15 is 0 Å². The number of ether oxygens (including phenoxy) is 2. The van der Waals surface area contributed by atoms with Crippen molar-refractivity contribution in [1.82, 2.24) is 10.6 Å². The first-order valence-electron chi connectivity index (χ1n) is 9.54. The molecule has 0 amide bonds. The van der Waals surface area contributed by atoms with Crippen LogP contribution in [0.5, 0.6) is 5.75 Å². The van der Waals surface area contributed by atoms with Gasteiger partial charge in [-0.1, -0.05) is 12.1 Å². The van der Waals surface area contributed by atoms with E-state index in [1.807, 2.05) is 18.2 Å². The summed E-state index contributed by atoms with van der Waals surface area (Å²) in [7, 11) is 1.69. The standard InChI is InChI=1S/C21H29N3O3.HI/c1-16-7-8-17(20(13-16)25-2)14-23-21(24-15-19-6-4-12-27-19)22-10-9-18-5-3-11-26-18;/h3,5,7-8,11,13,19H,4,6,9-10,12,14-15H2,1-2H3,(H2,22,23,24);1H. The molecular formula is C21H30IN3O3. The second-order valence-corrected chi connectivity index (χ2v) is 6.75. The third-order valence-corrected chi connectivity index (χ3v) is 4.62. The molecule has 0 radical (unpaired) electrons. The lowest BCUT2D eigenvalue weighted by Gasteiger charge is -2.16. The zero-order valence-corrected chi connectivity index (χ0v) is 18.9. The summed E-state index contributed by atoms with van der Waals surface area (Å²) >= 11 is 0. The lowest BCUT2D eigenvalue weighted by atomic mass is 10.1. The molecule has 2 aromatic rings. The summed E-state index contributed by atoms with van der Waals surface area (Å²) in [6, 6.07) is 10.1. The number of hydrogen-bond donors (Lipinski definition) is 2. The number of rotatable bonds is 8. The van der Waals surface area contributed by atoms with Gasteiger partial charge in [-0.2, -0.15) is 0 Å². The van der Waals surface area contributed by atoms with Gasteiger partial charge in [-0.05, 0) is 43.5 Å². The van der Waals surface area contributed by atoms with Crippen molar-refractivity contribution in [2.24, 2.45) is 4.99 Å². The number of nitrogens with zero attached hydrogens (tertiary/aromatic N) is 1. The Hall–Kier alpha value is -1.74. The smallest absolute Gasteiger partial charge is 0.191 e. The minimum Gasteiger partial charge on any atom is -0.496 e. The highest BCUT2D eigenvalue weighted by Crippen LogP contribution is 2.20. The summed E-state index contributed by atoms with van der Waals surface area (Å²) < 4.78 is 16.6. The fraction of sp³-hybridized carbons (Fsp3) is 0.476. The van der Waals surface area contributed by atoms with Gasteiger partial charge in [0, 0.05) is 31.7 Å². The molecule has 2 N–H and O–H groups in total. The number of hydrogen-bond acceptors (Lipinski definition) is 4. The molecule has 154 valence electrons. The molecule has 1 aromatic heterocycles. The minimum atomic E-state index is 0. The van der Waals surface area contributed by atoms with Gasteiger partial charge in [0.2, 0.25) is 0 Å². The fourth-order valence-electron chi connectivity index (χ4n) is 3.10. The molecule has 1 unspecified atom stereocenters. The maximum atomic E-state index is 5.70. The Morgan fingerprint density at radius 2 is 2.18 bits per heavy atom. The Bertz CT molecular complexity index is 729. The Morgan fingerprint density at radius 1 is 1.29 bits per heavy atom. The lowest BCUT2D eigenvalue weighted by molar-refractivity contribution is 0.114. The van der Waals surface area contributed by atoms with Crippen LogP contribution in [-0.2, 0) is 17.7 Å². The summed E-state index contributed by atoms with van der Waals surface area (Å²) in [5.41, 5.74) is 2.24. The average molecular weight is 499 g/mol. The number of furan rings is 1. The van der Waals surface area contributed by atoms with E-state index in [1.165, 1.54) is 5.56 Å². The Balaban J connectivity index is 0.00000280. The normalized spacial score (nSPS) is 16.5. The van der Waals surface area contributed by atoms with E-state index in [1.54, 1.807) is 13.4 Å². The first kappa shape index (κ1) is 22.5. The first-order chi connectivity index (χ1) is 13.2. The van der Waals surface area contributed by atoms with Gasteiger partial charge < -0.3 is 24.5 Å². The van der Waals surface area contributed by atoms with Gasteiger partial charge in [-0.25, -0.2) is 4.99 Å². The molecule has 1 aromatic carbocycles. The fourth-order valence-corrected chi connectivity index (χ4v) is 3.10. The van der Waals surface area contributed by atoms with Gasteiger partial charge in [-0.15, -0.1) is 24.0 Å². The molecule has 3 rings (SSSR count). The number of halogens is 1. The second-order valence-electron chi connectivity index (χ2n) is 6.75. The van der Waals surface area contributed by atoms with Crippen LogP contribution in [0.3, 0.4) is 0 Å². The SMILES string of the molecule is COc1cc(C)ccc1CN=C(NCCc1ccco1)NCC1CCCO1.I. The molecule has 1 aliphatic rings. The van der Waals surface area contributed by atoms with Crippen molar-refractivity contribution in [3.8, 4) is 5.75 Å². The van der Waals surface area contributed by atoms with E-state index in [0.717, 1.165) is 62.0 Å². The Labute approximate surface area is 184 Å². The van der Waals surface area contributed by atoms with Gasteiger partial charge in [-0.3, -0.25) is 0 Å². The van der Waals surface area contributed by atoms with Crippen molar-refractivity contribution in [2.45, 2.75) is 38.8 Å². The van der Waals surface area contributed by atoms with Gasteiger partial charge in [0.25, 0.3) is 0 Å². The van der Waals surface area contributed by atoms with Crippen molar-refractivity contribution in [3.05, 3.63) is 53.5 Å². The van der Waals surface area contributed by atoms with E-state index in [-0.39, 0.29) is 30.1 Å². The largest absolute Gasteiger partial charge is 0.496 e. The molecule has 0 spiro atoms. The first-order valence-corrected chi connectivity index (χ1v) is 9.54. The van der Waals surface area contributed by atoms with Crippen molar-refractivity contribution in [3.63, 3.8) is 0 Å². The summed E-state index contributed by atoms with van der Waals surface area (Å²) in [5, 5.41) is 6.79. The Morgan fingerprint density at radius 3 is 2.89 bits per heavy atom. The average Bonchev–Trinajstić information content (AvgIpc) is 3.38. The molecule has 0 saturated carbocycles. The molecule has 28 heavy (non-hydrogen) atoms. The minimum absolute atomic E-state index is 0. The molecule has 0 bridgehead atoms. The van der Waals surface area contributed by atoms with Crippen LogP contribution in [0.1, 0.15) is 29.7 Å². The maximum Gasteiger partial charge on any atom is 0.191 e. The number of aryl methyl sites for hydroxylation is 1. The van der Waals surface area contributed by atoms with Crippen LogP contribution in [-0.4, -0.2) is 38.9 Å². The van der Waals surface area contributed by atoms with Gasteiger partial charge in [0.05, 0.1) is 26.0 Å². The van der Waals surface area contributed by atoms with Gasteiger partial charge >= 0.3 is 0 Å². The molecule has 1 atom stereocenters. The summed E-state index contributed by atoms with van der Waals surface area (Å²) in [6.45, 7) is 4.96. The van der Waals surface area contributed by atoms with Crippen LogP contribution in [0.25, 0.3) is 0 Å². The lowest BCUT2D eigenvalue weighted by Crippen LogP contribution is -2.41. The maximum absolute atomic E-state index is 5.70. The molecule has 1 fully saturated rings. The van der Waals surface area contributed by atoms with Gasteiger partial charge in [0.15, 0.2) is 5.96 Å². The number of methoxy groups -OCH3 is 1. The topological polar surface area (TPSA) is 68.0 Å². The molecule has 2 heterocycles. The zero-order chi connectivity index (χ0) is 18.9. The summed E-state index contributed by atoms with van der Waals surface area (Å²) in [5.74, 6) is 2.61. The number of aliphatic imine (C=N–C) groups is 1. The van der Waals surface area contributed by atoms with Gasteiger partial charge in [0.1, 0.15) is 11.5 Å². The highest BCUT2D eigenvalue weighted by molar-refractivity contribution is 14.0. The zero-order valence-electron chi connectivity index (χ0n) is 16.6. The van der Waals surface area contributed by atoms with E-state index in [9.17, 15) is 0 Å². The predicted octanol–water partition coefficient (Wildman–Crippen LogP) is 3.67. The van der Waals surface area contributed by atoms with Crippen LogP contribution < -0.4 is 15.4 Å². The molecule has 0 aliphatic carbocycles. The molecule has 1 saturated heterocycles. The van der Waals surface area contributed by atoms with Crippen LogP contribution >= 0.6 is 24.0 Å². The highest BCUT2D eigenvalue weighted by Gasteiger charge is 2.15. The second kappa shape index (κ2) is 12.0. The van der Waals surface area contributed by atoms with E-state index in [4.69, 9.17) is 18.9 Å². The molecular weight excluding hydrogens is 469 g/mol. The third kappa shape index (κ3) is 7.01. The van der Waals surface area contributed by atoms with Crippen molar-refractivity contribution < 1.29 is 13.9 Å². The van der Waals surface area contributed by atoms with E-state index < -0.39 is 0 Å². The summed E-state index contributed by atoms with van der Waals surface area (Å²) in [6.07, 6.45) is 4.99. The van der Waals surface area contributed by atoms with Crippen molar-refractivity contribution in [2.75, 3.05) is 26.8 Å². The summed E-state index contributed by atoms with van der Waals surface area (Å²) in [4.78, 5) is 4.74.